The van der Waals surface area contributed by atoms with Crippen LogP contribution < -0.4 is 10.6 Å². The quantitative estimate of drug-likeness (QED) is 0.687. The van der Waals surface area contributed by atoms with Crippen LogP contribution in [0.25, 0.3) is 0 Å². The molecule has 0 unspecified atom stereocenters. The van der Waals surface area contributed by atoms with Crippen LogP contribution in [-0.2, 0) is 6.54 Å². The molecule has 2 rings (SSSR count). The molecule has 0 aliphatic carbocycles. The molecule has 0 saturated carbocycles. The van der Waals surface area contributed by atoms with Crippen molar-refractivity contribution in [2.24, 2.45) is 0 Å². The monoisotopic (exact) mass is 274 g/mol. The zero-order chi connectivity index (χ0) is 14.0. The van der Waals surface area contributed by atoms with E-state index in [1.807, 2.05) is 24.8 Å². The van der Waals surface area contributed by atoms with Crippen LogP contribution in [0.1, 0.15) is 26.2 Å². The Morgan fingerprint density at radius 3 is 2.90 bits per heavy atom. The van der Waals surface area contributed by atoms with Crippen LogP contribution in [0, 0.1) is 0 Å². The fourth-order valence-corrected chi connectivity index (χ4v) is 1.83. The largest absolute Gasteiger partial charge is 0.370 e. The first-order chi connectivity index (χ1) is 9.88. The molecule has 20 heavy (non-hydrogen) atoms. The number of unbranched alkanes of at least 4 members (excludes halogenated alkanes) is 1. The van der Waals surface area contributed by atoms with Crippen molar-refractivity contribution in [1.82, 2.24) is 19.5 Å². The molecule has 2 heterocycles. The van der Waals surface area contributed by atoms with E-state index < -0.39 is 0 Å². The van der Waals surface area contributed by atoms with Crippen molar-refractivity contribution in [3.8, 4) is 0 Å². The van der Waals surface area contributed by atoms with Gasteiger partial charge in [0.1, 0.15) is 5.82 Å². The maximum Gasteiger partial charge on any atom is 0.224 e. The van der Waals surface area contributed by atoms with Gasteiger partial charge in [-0.05, 0) is 25.3 Å². The average Bonchev–Trinajstić information content (AvgIpc) is 2.98. The number of imidazole rings is 1. The van der Waals surface area contributed by atoms with Crippen molar-refractivity contribution in [3.05, 3.63) is 31.0 Å². The number of rotatable bonds is 9. The van der Waals surface area contributed by atoms with E-state index in [9.17, 15) is 0 Å². The third-order valence-electron chi connectivity index (χ3n) is 2.90. The van der Waals surface area contributed by atoms with E-state index in [-0.39, 0.29) is 0 Å². The minimum atomic E-state index is 0.690. The van der Waals surface area contributed by atoms with Crippen LogP contribution >= 0.6 is 0 Å². The highest BCUT2D eigenvalue weighted by Gasteiger charge is 1.98. The molecule has 0 atom stereocenters. The Labute approximate surface area is 119 Å². The predicted octanol–water partition coefficient (Wildman–Crippen LogP) is 2.39. The number of aryl methyl sites for hydroxylation is 1. The Balaban J connectivity index is 1.65. The van der Waals surface area contributed by atoms with Gasteiger partial charge in [-0.3, -0.25) is 0 Å². The summed E-state index contributed by atoms with van der Waals surface area (Å²) in [6, 6.07) is 1.90. The molecule has 0 aliphatic heterocycles. The fourth-order valence-electron chi connectivity index (χ4n) is 1.83. The van der Waals surface area contributed by atoms with Crippen LogP contribution in [0.2, 0.25) is 0 Å². The van der Waals surface area contributed by atoms with Crippen molar-refractivity contribution in [1.29, 1.82) is 0 Å². The molecule has 0 amide bonds. The normalized spacial score (nSPS) is 10.4. The molecule has 0 bridgehead atoms. The number of hydrogen-bond acceptors (Lipinski definition) is 5. The van der Waals surface area contributed by atoms with Gasteiger partial charge in [-0.15, -0.1) is 0 Å². The van der Waals surface area contributed by atoms with Crippen molar-refractivity contribution in [3.63, 3.8) is 0 Å². The Morgan fingerprint density at radius 2 is 2.10 bits per heavy atom. The summed E-state index contributed by atoms with van der Waals surface area (Å²) in [7, 11) is 0. The van der Waals surface area contributed by atoms with E-state index in [0.717, 1.165) is 44.7 Å². The molecule has 2 aromatic rings. The highest BCUT2D eigenvalue weighted by Crippen LogP contribution is 2.06. The van der Waals surface area contributed by atoms with Crippen molar-refractivity contribution in [2.75, 3.05) is 23.7 Å². The second kappa shape index (κ2) is 8.14. The Kier molecular flexibility index (Phi) is 5.82. The first-order valence-electron chi connectivity index (χ1n) is 7.15. The predicted molar refractivity (Wildman–Crippen MR) is 80.8 cm³/mol. The van der Waals surface area contributed by atoms with Crippen LogP contribution in [0.4, 0.5) is 11.8 Å². The van der Waals surface area contributed by atoms with Crippen LogP contribution in [-0.4, -0.2) is 32.6 Å². The van der Waals surface area contributed by atoms with Gasteiger partial charge in [0.15, 0.2) is 0 Å². The minimum absolute atomic E-state index is 0.690. The Bertz CT molecular complexity index is 482. The lowest BCUT2D eigenvalue weighted by molar-refractivity contribution is 0.620. The lowest BCUT2D eigenvalue weighted by atomic mass is 10.3. The molecule has 0 saturated heterocycles. The molecule has 0 aliphatic rings. The van der Waals surface area contributed by atoms with Gasteiger partial charge in [0.25, 0.3) is 0 Å². The number of hydrogen-bond donors (Lipinski definition) is 2. The topological polar surface area (TPSA) is 67.7 Å². The first kappa shape index (κ1) is 14.3. The van der Waals surface area contributed by atoms with Crippen LogP contribution in [0.5, 0.6) is 0 Å². The van der Waals surface area contributed by atoms with E-state index in [1.165, 1.54) is 0 Å². The molecule has 108 valence electrons. The van der Waals surface area contributed by atoms with Crippen molar-refractivity contribution in [2.45, 2.75) is 32.7 Å². The maximum absolute atomic E-state index is 4.41. The molecule has 2 N–H and O–H groups in total. The molecule has 6 heteroatoms. The third kappa shape index (κ3) is 4.87. The van der Waals surface area contributed by atoms with E-state index >= 15 is 0 Å². The summed E-state index contributed by atoms with van der Waals surface area (Å²) < 4.78 is 2.09. The number of nitrogens with one attached hydrogen (secondary N) is 2. The minimum Gasteiger partial charge on any atom is -0.370 e. The van der Waals surface area contributed by atoms with Gasteiger partial charge < -0.3 is 15.2 Å². The summed E-state index contributed by atoms with van der Waals surface area (Å²) in [5.74, 6) is 1.57. The second-order valence-corrected chi connectivity index (χ2v) is 4.63. The van der Waals surface area contributed by atoms with Crippen LogP contribution in [0.15, 0.2) is 31.0 Å². The summed E-state index contributed by atoms with van der Waals surface area (Å²) in [6.07, 6.45) is 10.7. The van der Waals surface area contributed by atoms with Gasteiger partial charge in [0, 0.05) is 38.2 Å². The zero-order valence-electron chi connectivity index (χ0n) is 11.9. The Morgan fingerprint density at radius 1 is 1.15 bits per heavy atom. The van der Waals surface area contributed by atoms with Gasteiger partial charge in [-0.1, -0.05) is 6.92 Å². The standard InChI is InChI=1S/C14H22N6/c1-2-6-17-14-18-8-5-13(19-14)16-7-3-4-10-20-11-9-15-12-20/h5,8-9,11-12H,2-4,6-7,10H2,1H3,(H2,16,17,18,19). The molecular weight excluding hydrogens is 252 g/mol. The van der Waals surface area contributed by atoms with Crippen LogP contribution in [0.3, 0.4) is 0 Å². The zero-order valence-corrected chi connectivity index (χ0v) is 11.9. The fraction of sp³-hybridized carbons (Fsp3) is 0.500. The van der Waals surface area contributed by atoms with E-state index in [2.05, 4.69) is 37.1 Å². The molecule has 0 fully saturated rings. The smallest absolute Gasteiger partial charge is 0.224 e. The maximum atomic E-state index is 4.41. The average molecular weight is 274 g/mol. The van der Waals surface area contributed by atoms with Crippen molar-refractivity contribution < 1.29 is 0 Å². The molecule has 0 radical (unpaired) electrons. The third-order valence-corrected chi connectivity index (χ3v) is 2.90. The van der Waals surface area contributed by atoms with Crippen molar-refractivity contribution >= 4 is 11.8 Å². The molecule has 0 aromatic carbocycles. The summed E-state index contributed by atoms with van der Waals surface area (Å²) in [4.78, 5) is 12.6. The lowest BCUT2D eigenvalue weighted by Crippen LogP contribution is -2.08. The van der Waals surface area contributed by atoms with Gasteiger partial charge >= 0.3 is 0 Å². The Hall–Kier alpha value is -2.11. The van der Waals surface area contributed by atoms with Gasteiger partial charge in [0.05, 0.1) is 6.33 Å². The van der Waals surface area contributed by atoms with Gasteiger partial charge in [-0.25, -0.2) is 9.97 Å². The lowest BCUT2D eigenvalue weighted by Gasteiger charge is -2.08. The molecule has 2 aromatic heterocycles. The molecular formula is C14H22N6. The summed E-state index contributed by atoms with van der Waals surface area (Å²) in [5, 5.41) is 6.51. The summed E-state index contributed by atoms with van der Waals surface area (Å²) in [6.45, 7) is 4.94. The number of nitrogens with zero attached hydrogens (tertiary/aromatic N) is 4. The summed E-state index contributed by atoms with van der Waals surface area (Å²) >= 11 is 0. The number of aromatic nitrogens is 4. The number of anilines is 2. The van der Waals surface area contributed by atoms with Gasteiger partial charge in [0.2, 0.25) is 5.95 Å². The second-order valence-electron chi connectivity index (χ2n) is 4.63. The molecule has 0 spiro atoms. The highest BCUT2D eigenvalue weighted by atomic mass is 15.1. The highest BCUT2D eigenvalue weighted by molar-refractivity contribution is 5.39. The van der Waals surface area contributed by atoms with E-state index in [0.29, 0.717) is 5.95 Å². The van der Waals surface area contributed by atoms with Gasteiger partial charge in [-0.2, -0.15) is 4.98 Å². The van der Waals surface area contributed by atoms with E-state index in [1.54, 1.807) is 6.20 Å². The van der Waals surface area contributed by atoms with E-state index in [4.69, 9.17) is 0 Å². The summed E-state index contributed by atoms with van der Waals surface area (Å²) in [5.41, 5.74) is 0. The SMILES string of the molecule is CCCNc1nccc(NCCCCn2ccnc2)n1. The molecule has 6 nitrogen and oxygen atoms in total. The first-order valence-corrected chi connectivity index (χ1v) is 7.15.